The van der Waals surface area contributed by atoms with Gasteiger partial charge in [-0.25, -0.2) is 4.79 Å². The summed E-state index contributed by atoms with van der Waals surface area (Å²) in [6, 6.07) is 30.2. The second-order valence-electron chi connectivity index (χ2n) is 15.3. The van der Waals surface area contributed by atoms with E-state index in [0.29, 0.717) is 37.7 Å². The molecule has 0 saturated carbocycles. The number of hydrogen-bond acceptors (Lipinski definition) is 8. The lowest BCUT2D eigenvalue weighted by molar-refractivity contribution is -0.143. The molecule has 0 saturated heterocycles. The predicted molar refractivity (Wildman–Crippen MR) is 221 cm³/mol. The van der Waals surface area contributed by atoms with Crippen LogP contribution in [0.4, 0.5) is 0 Å². The van der Waals surface area contributed by atoms with E-state index >= 15 is 0 Å². The van der Waals surface area contributed by atoms with Gasteiger partial charge in [0.15, 0.2) is 17.6 Å². The number of carboxylic acid groups (broad SMARTS) is 1. The summed E-state index contributed by atoms with van der Waals surface area (Å²) in [5.74, 6) is 0.723. The Morgan fingerprint density at radius 2 is 1.70 bits per heavy atom. The molecule has 2 aliphatic rings. The van der Waals surface area contributed by atoms with E-state index < -0.39 is 18.1 Å². The molecule has 1 unspecified atom stereocenters. The van der Waals surface area contributed by atoms with Crippen molar-refractivity contribution in [3.8, 4) is 28.4 Å². The van der Waals surface area contributed by atoms with E-state index in [4.69, 9.17) is 14.2 Å². The minimum Gasteiger partial charge on any atom is -0.492 e. The van der Waals surface area contributed by atoms with Gasteiger partial charge in [-0.15, -0.1) is 0 Å². The third-order valence-corrected chi connectivity index (χ3v) is 11.2. The third kappa shape index (κ3) is 9.14. The molecule has 296 valence electrons. The number of aliphatic carboxylic acids is 1. The average Bonchev–Trinajstić information content (AvgIpc) is 3.21. The molecule has 10 nitrogen and oxygen atoms in total. The molecule has 4 atom stereocenters. The van der Waals surface area contributed by atoms with Gasteiger partial charge >= 0.3 is 5.97 Å². The van der Waals surface area contributed by atoms with Crippen LogP contribution in [0.3, 0.4) is 0 Å². The smallest absolute Gasteiger partial charge is 0.326 e. The van der Waals surface area contributed by atoms with Crippen LogP contribution in [0.2, 0.25) is 0 Å². The van der Waals surface area contributed by atoms with Crippen LogP contribution in [-0.4, -0.2) is 77.7 Å². The van der Waals surface area contributed by atoms with Crippen molar-refractivity contribution in [1.29, 1.82) is 0 Å². The number of nitrogens with one attached hydrogen (secondary N) is 1. The summed E-state index contributed by atoms with van der Waals surface area (Å²) < 4.78 is 18.7. The van der Waals surface area contributed by atoms with Crippen LogP contribution < -0.4 is 19.5 Å². The van der Waals surface area contributed by atoms with Crippen molar-refractivity contribution in [2.75, 3.05) is 33.9 Å². The molecule has 10 heteroatoms. The third-order valence-electron chi connectivity index (χ3n) is 11.2. The van der Waals surface area contributed by atoms with E-state index in [1.54, 1.807) is 6.20 Å². The topological polar surface area (TPSA) is 113 Å². The molecule has 2 aliphatic heterocycles. The quantitative estimate of drug-likeness (QED) is 0.119. The van der Waals surface area contributed by atoms with E-state index in [9.17, 15) is 14.7 Å². The van der Waals surface area contributed by atoms with Crippen LogP contribution >= 0.6 is 0 Å². The Kier molecular flexibility index (Phi) is 12.2. The highest BCUT2D eigenvalue weighted by atomic mass is 16.6. The highest BCUT2D eigenvalue weighted by Gasteiger charge is 2.38. The van der Waals surface area contributed by atoms with E-state index in [1.807, 2.05) is 113 Å². The summed E-state index contributed by atoms with van der Waals surface area (Å²) in [4.78, 5) is 35.7. The second kappa shape index (κ2) is 17.6. The highest BCUT2D eigenvalue weighted by molar-refractivity contribution is 5.87. The number of likely N-dealkylation sites (N-methyl/N-ethyl adjacent to an activating group) is 1. The molecular formula is C47H52N4O6. The van der Waals surface area contributed by atoms with Crippen molar-refractivity contribution >= 4 is 11.9 Å². The first kappa shape index (κ1) is 39.5. The van der Waals surface area contributed by atoms with Gasteiger partial charge < -0.3 is 29.5 Å². The Labute approximate surface area is 335 Å². The maximum absolute atomic E-state index is 14.4. The zero-order valence-electron chi connectivity index (χ0n) is 33.4. The Balaban J connectivity index is 1.10. The lowest BCUT2D eigenvalue weighted by atomic mass is 9.89. The predicted octanol–water partition coefficient (Wildman–Crippen LogP) is 7.51. The first-order valence-electron chi connectivity index (χ1n) is 19.8. The van der Waals surface area contributed by atoms with Gasteiger partial charge in [0.2, 0.25) is 5.91 Å². The number of aromatic nitrogens is 1. The van der Waals surface area contributed by atoms with Crippen LogP contribution in [0.25, 0.3) is 11.1 Å². The first-order valence-corrected chi connectivity index (χ1v) is 19.8. The fourth-order valence-electron chi connectivity index (χ4n) is 7.85. The van der Waals surface area contributed by atoms with Gasteiger partial charge in [0.1, 0.15) is 25.0 Å². The summed E-state index contributed by atoms with van der Waals surface area (Å²) >= 11 is 0. The van der Waals surface area contributed by atoms with Gasteiger partial charge in [0.25, 0.3) is 0 Å². The summed E-state index contributed by atoms with van der Waals surface area (Å²) in [6.45, 7) is 8.42. The average molecular weight is 769 g/mol. The SMILES string of the molecule is CC[C@@H](c1ccccc1)N1Cc2cc3c(cc2C[C@H]1C(=O)NC(Cc1ccc(-c2ccnc(C)c2C)cc1)C(=O)O)OC[C@H](c1ccc(OCCN(C)C)cc1)O3. The maximum Gasteiger partial charge on any atom is 0.326 e. The van der Waals surface area contributed by atoms with Crippen molar-refractivity contribution in [1.82, 2.24) is 20.1 Å². The van der Waals surface area contributed by atoms with Gasteiger partial charge in [0, 0.05) is 37.4 Å². The molecule has 3 heterocycles. The minimum atomic E-state index is -1.11. The van der Waals surface area contributed by atoms with Gasteiger partial charge in [-0.3, -0.25) is 14.7 Å². The van der Waals surface area contributed by atoms with Crippen LogP contribution in [0.5, 0.6) is 17.2 Å². The van der Waals surface area contributed by atoms with E-state index in [1.165, 1.54) is 0 Å². The highest BCUT2D eigenvalue weighted by Crippen LogP contribution is 2.42. The number of carbonyl (C=O) groups is 2. The van der Waals surface area contributed by atoms with Crippen LogP contribution in [0.15, 0.2) is 103 Å². The zero-order valence-corrected chi connectivity index (χ0v) is 33.4. The Morgan fingerprint density at radius 3 is 2.40 bits per heavy atom. The maximum atomic E-state index is 14.4. The fourth-order valence-corrected chi connectivity index (χ4v) is 7.85. The van der Waals surface area contributed by atoms with Crippen LogP contribution in [0, 0.1) is 13.8 Å². The minimum absolute atomic E-state index is 0.0781. The molecule has 7 rings (SSSR count). The van der Waals surface area contributed by atoms with Gasteiger partial charge in [0.05, 0.1) is 6.04 Å². The molecule has 1 amide bonds. The van der Waals surface area contributed by atoms with Crippen LogP contribution in [0.1, 0.15) is 64.6 Å². The number of carbonyl (C=O) groups excluding carboxylic acids is 1. The largest absolute Gasteiger partial charge is 0.492 e. The van der Waals surface area contributed by atoms with Crippen molar-refractivity contribution in [3.63, 3.8) is 0 Å². The lowest BCUT2D eigenvalue weighted by Gasteiger charge is -2.42. The van der Waals surface area contributed by atoms with Crippen molar-refractivity contribution in [2.24, 2.45) is 0 Å². The number of aryl methyl sites for hydroxylation is 1. The van der Waals surface area contributed by atoms with Gasteiger partial charge in [-0.1, -0.05) is 73.7 Å². The fraction of sp³-hybridized carbons (Fsp3) is 0.340. The number of benzene rings is 4. The molecular weight excluding hydrogens is 717 g/mol. The number of amides is 1. The molecule has 0 bridgehead atoms. The molecule has 0 aliphatic carbocycles. The Hall–Kier alpha value is -5.71. The first-order chi connectivity index (χ1) is 27.6. The summed E-state index contributed by atoms with van der Waals surface area (Å²) in [5, 5.41) is 13.3. The normalized spacial score (nSPS) is 17.4. The molecule has 4 aromatic carbocycles. The number of rotatable bonds is 14. The second-order valence-corrected chi connectivity index (χ2v) is 15.3. The molecule has 2 N–H and O–H groups in total. The number of ether oxygens (including phenoxy) is 3. The monoisotopic (exact) mass is 768 g/mol. The number of carboxylic acids is 1. The summed E-state index contributed by atoms with van der Waals surface area (Å²) in [7, 11) is 4.04. The molecule has 5 aromatic rings. The van der Waals surface area contributed by atoms with E-state index in [-0.39, 0.29) is 24.5 Å². The van der Waals surface area contributed by atoms with Crippen LogP contribution in [-0.2, 0) is 29.0 Å². The summed E-state index contributed by atoms with van der Waals surface area (Å²) in [5.41, 5.74) is 9.14. The molecule has 57 heavy (non-hydrogen) atoms. The van der Waals surface area contributed by atoms with Crippen molar-refractivity contribution < 1.29 is 28.9 Å². The zero-order chi connectivity index (χ0) is 40.1. The number of nitrogens with zero attached hydrogens (tertiary/aromatic N) is 3. The lowest BCUT2D eigenvalue weighted by Crippen LogP contribution is -2.55. The molecule has 0 fully saturated rings. The Morgan fingerprint density at radius 1 is 0.965 bits per heavy atom. The summed E-state index contributed by atoms with van der Waals surface area (Å²) in [6.07, 6.45) is 2.82. The van der Waals surface area contributed by atoms with Crippen molar-refractivity contribution in [2.45, 2.75) is 70.8 Å². The molecule has 0 radical (unpaired) electrons. The van der Waals surface area contributed by atoms with Gasteiger partial charge in [-0.2, -0.15) is 0 Å². The Bertz CT molecular complexity index is 2170. The number of fused-ring (bicyclic) bond motifs is 2. The number of hydrogen-bond donors (Lipinski definition) is 2. The van der Waals surface area contributed by atoms with E-state index in [0.717, 1.165) is 68.9 Å². The van der Waals surface area contributed by atoms with Gasteiger partial charge in [-0.05, 0) is 116 Å². The van der Waals surface area contributed by atoms with Crippen molar-refractivity contribution in [3.05, 3.63) is 142 Å². The van der Waals surface area contributed by atoms with E-state index in [2.05, 4.69) is 39.2 Å². The standard InChI is InChI=1S/C47H52N4O6/c1-6-41(34-10-8-7-9-11-34)51-28-37-27-44-43(56-29-45(57-44)35-16-18-38(19-17-35)55-23-22-50(4)5)26-36(37)25-42(51)46(52)49-40(47(53)54)24-32-12-14-33(15-13-32)39-20-21-48-31(3)30(39)2/h7-21,26-27,40-42,45H,6,22-25,28-29H2,1-5H3,(H,49,52)(H,53,54)/t40?,41-,42-,45+/m0/s1. The molecule has 1 aromatic heterocycles. The number of pyridine rings is 1. The molecule has 0 spiro atoms.